The van der Waals surface area contributed by atoms with Gasteiger partial charge in [0.25, 0.3) is 0 Å². The average molecular weight is 353 g/mol. The second-order valence-electron chi connectivity index (χ2n) is 5.20. The number of carbonyl (C=O) groups excluding carboxylic acids is 1. The Bertz CT molecular complexity index is 726. The van der Waals surface area contributed by atoms with Crippen molar-refractivity contribution in [2.24, 2.45) is 0 Å². The summed E-state index contributed by atoms with van der Waals surface area (Å²) in [6, 6.07) is 8.89. The molecular weight excluding hydrogens is 335 g/mol. The first kappa shape index (κ1) is 17.6. The lowest BCUT2D eigenvalue weighted by atomic mass is 10.1. The van der Waals surface area contributed by atoms with Gasteiger partial charge in [-0.25, -0.2) is 0 Å². The Morgan fingerprint density at radius 2 is 1.74 bits per heavy atom. The monoisotopic (exact) mass is 352 g/mol. The number of hydrogen-bond donors (Lipinski definition) is 0. The third-order valence-electron chi connectivity index (χ3n) is 3.51. The van der Waals surface area contributed by atoms with Crippen molar-refractivity contribution in [3.05, 3.63) is 57.1 Å². The van der Waals surface area contributed by atoms with Crippen molar-refractivity contribution in [3.63, 3.8) is 0 Å². The van der Waals surface area contributed by atoms with Crippen LogP contribution >= 0.6 is 23.2 Å². The summed E-state index contributed by atoms with van der Waals surface area (Å²) in [5.74, 6) is 0.657. The lowest BCUT2D eigenvalue weighted by Crippen LogP contribution is -2.09. The lowest BCUT2D eigenvalue weighted by molar-refractivity contribution is -0.134. The van der Waals surface area contributed by atoms with Crippen LogP contribution in [0.5, 0.6) is 11.5 Å². The van der Waals surface area contributed by atoms with Crippen LogP contribution in [0.25, 0.3) is 0 Å². The fourth-order valence-electron chi connectivity index (χ4n) is 1.98. The van der Waals surface area contributed by atoms with Gasteiger partial charge in [0.15, 0.2) is 0 Å². The van der Waals surface area contributed by atoms with Gasteiger partial charge in [0, 0.05) is 6.42 Å². The van der Waals surface area contributed by atoms with Crippen molar-refractivity contribution in [1.29, 1.82) is 0 Å². The standard InChI is InChI=1S/C18H18Cl2O3/c1-4-18(21)23-16-7-5-6-14(19)13(16)10-22-17-9-12(3)11(2)8-15(17)20/h5-9H,4,10H2,1-3H3. The van der Waals surface area contributed by atoms with E-state index in [0.717, 1.165) is 11.1 Å². The number of rotatable bonds is 5. The van der Waals surface area contributed by atoms with E-state index in [1.54, 1.807) is 25.1 Å². The van der Waals surface area contributed by atoms with Crippen LogP contribution < -0.4 is 9.47 Å². The van der Waals surface area contributed by atoms with Crippen molar-refractivity contribution >= 4 is 29.2 Å². The predicted molar refractivity (Wildman–Crippen MR) is 92.6 cm³/mol. The first-order valence-corrected chi connectivity index (χ1v) is 8.05. The van der Waals surface area contributed by atoms with E-state index in [1.165, 1.54) is 0 Å². The van der Waals surface area contributed by atoms with E-state index in [4.69, 9.17) is 32.7 Å². The van der Waals surface area contributed by atoms with Crippen LogP contribution in [-0.4, -0.2) is 5.97 Å². The maximum atomic E-state index is 11.5. The van der Waals surface area contributed by atoms with Gasteiger partial charge < -0.3 is 9.47 Å². The summed E-state index contributed by atoms with van der Waals surface area (Å²) in [6.07, 6.45) is 0.287. The molecule has 0 aliphatic carbocycles. The fourth-order valence-corrected chi connectivity index (χ4v) is 2.48. The molecule has 0 aliphatic heterocycles. The zero-order valence-corrected chi connectivity index (χ0v) is 14.8. The van der Waals surface area contributed by atoms with Gasteiger partial charge in [-0.15, -0.1) is 0 Å². The largest absolute Gasteiger partial charge is 0.487 e. The van der Waals surface area contributed by atoms with Crippen molar-refractivity contribution in [2.75, 3.05) is 0 Å². The molecule has 0 amide bonds. The van der Waals surface area contributed by atoms with E-state index in [9.17, 15) is 4.79 Å². The fraction of sp³-hybridized carbons (Fsp3) is 0.278. The van der Waals surface area contributed by atoms with Gasteiger partial charge in [0.1, 0.15) is 18.1 Å². The van der Waals surface area contributed by atoms with Crippen molar-refractivity contribution in [3.8, 4) is 11.5 Å². The van der Waals surface area contributed by atoms with Crippen LogP contribution in [0.15, 0.2) is 30.3 Å². The SMILES string of the molecule is CCC(=O)Oc1cccc(Cl)c1COc1cc(C)c(C)cc1Cl. The van der Waals surface area contributed by atoms with Gasteiger partial charge in [-0.1, -0.05) is 36.2 Å². The molecule has 0 aromatic heterocycles. The average Bonchev–Trinajstić information content (AvgIpc) is 2.51. The van der Waals surface area contributed by atoms with Crippen LogP contribution in [0.2, 0.25) is 10.0 Å². The molecule has 0 N–H and O–H groups in total. The summed E-state index contributed by atoms with van der Waals surface area (Å²) >= 11 is 12.4. The Morgan fingerprint density at radius 3 is 2.43 bits per heavy atom. The summed E-state index contributed by atoms with van der Waals surface area (Å²) in [6.45, 7) is 5.87. The van der Waals surface area contributed by atoms with Crippen molar-refractivity contribution in [1.82, 2.24) is 0 Å². The molecule has 0 fully saturated rings. The number of ether oxygens (including phenoxy) is 2. The molecule has 122 valence electrons. The zero-order valence-electron chi connectivity index (χ0n) is 13.3. The van der Waals surface area contributed by atoms with E-state index in [0.29, 0.717) is 27.1 Å². The molecule has 0 saturated heterocycles. The minimum absolute atomic E-state index is 0.161. The predicted octanol–water partition coefficient (Wildman–Crippen LogP) is 5.50. The summed E-state index contributed by atoms with van der Waals surface area (Å²) in [5.41, 5.74) is 2.80. The molecule has 0 saturated carbocycles. The number of aryl methyl sites for hydroxylation is 2. The molecule has 0 radical (unpaired) electrons. The van der Waals surface area contributed by atoms with Crippen LogP contribution in [0, 0.1) is 13.8 Å². The highest BCUT2D eigenvalue weighted by atomic mass is 35.5. The Balaban J connectivity index is 2.23. The Hall–Kier alpha value is -1.71. The van der Waals surface area contributed by atoms with Gasteiger partial charge >= 0.3 is 5.97 Å². The highest BCUT2D eigenvalue weighted by Gasteiger charge is 2.13. The van der Waals surface area contributed by atoms with Crippen LogP contribution in [-0.2, 0) is 11.4 Å². The summed E-state index contributed by atoms with van der Waals surface area (Å²) < 4.78 is 11.1. The minimum Gasteiger partial charge on any atom is -0.487 e. The Morgan fingerprint density at radius 1 is 1.04 bits per heavy atom. The second-order valence-corrected chi connectivity index (χ2v) is 6.01. The molecule has 0 aliphatic rings. The summed E-state index contributed by atoms with van der Waals surface area (Å²) in [5, 5.41) is 1.01. The van der Waals surface area contributed by atoms with Gasteiger partial charge in [0.05, 0.1) is 15.6 Å². The molecular formula is C18H18Cl2O3. The number of halogens is 2. The Labute approximate surface area is 146 Å². The molecule has 0 spiro atoms. The third-order valence-corrected chi connectivity index (χ3v) is 4.16. The molecule has 2 rings (SSSR count). The van der Waals surface area contributed by atoms with Gasteiger partial charge in [-0.2, -0.15) is 0 Å². The molecule has 2 aromatic rings. The minimum atomic E-state index is -0.322. The maximum Gasteiger partial charge on any atom is 0.310 e. The molecule has 0 atom stereocenters. The van der Waals surface area contributed by atoms with E-state index >= 15 is 0 Å². The van der Waals surface area contributed by atoms with Crippen LogP contribution in [0.1, 0.15) is 30.0 Å². The summed E-state index contributed by atoms with van der Waals surface area (Å²) in [7, 11) is 0. The van der Waals surface area contributed by atoms with Gasteiger partial charge in [-0.3, -0.25) is 4.79 Å². The smallest absolute Gasteiger partial charge is 0.310 e. The molecule has 2 aromatic carbocycles. The van der Waals surface area contributed by atoms with Crippen LogP contribution in [0.4, 0.5) is 0 Å². The lowest BCUT2D eigenvalue weighted by Gasteiger charge is -2.14. The molecule has 0 heterocycles. The van der Waals surface area contributed by atoms with Crippen molar-refractivity contribution in [2.45, 2.75) is 33.8 Å². The number of carbonyl (C=O) groups is 1. The summed E-state index contributed by atoms with van der Waals surface area (Å²) in [4.78, 5) is 11.5. The molecule has 5 heteroatoms. The highest BCUT2D eigenvalue weighted by molar-refractivity contribution is 6.32. The molecule has 3 nitrogen and oxygen atoms in total. The van der Waals surface area contributed by atoms with E-state index < -0.39 is 0 Å². The first-order chi connectivity index (χ1) is 10.9. The number of esters is 1. The quantitative estimate of drug-likeness (QED) is 0.526. The second kappa shape index (κ2) is 7.71. The maximum absolute atomic E-state index is 11.5. The van der Waals surface area contributed by atoms with E-state index in [-0.39, 0.29) is 19.0 Å². The number of hydrogen-bond acceptors (Lipinski definition) is 3. The topological polar surface area (TPSA) is 35.5 Å². The van der Waals surface area contributed by atoms with Gasteiger partial charge in [-0.05, 0) is 49.2 Å². The van der Waals surface area contributed by atoms with E-state index in [1.807, 2.05) is 26.0 Å². The molecule has 0 unspecified atom stereocenters. The zero-order chi connectivity index (χ0) is 17.0. The normalized spacial score (nSPS) is 10.5. The van der Waals surface area contributed by atoms with Gasteiger partial charge in [0.2, 0.25) is 0 Å². The molecule has 23 heavy (non-hydrogen) atoms. The van der Waals surface area contributed by atoms with Crippen LogP contribution in [0.3, 0.4) is 0 Å². The molecule has 0 bridgehead atoms. The Kier molecular flexibility index (Phi) is 5.91. The highest BCUT2D eigenvalue weighted by Crippen LogP contribution is 2.32. The van der Waals surface area contributed by atoms with Crippen molar-refractivity contribution < 1.29 is 14.3 Å². The first-order valence-electron chi connectivity index (χ1n) is 7.30. The third kappa shape index (κ3) is 4.40. The number of benzene rings is 2. The van der Waals surface area contributed by atoms with E-state index in [2.05, 4.69) is 0 Å².